The van der Waals surface area contributed by atoms with E-state index in [0.717, 1.165) is 11.1 Å². The fraction of sp³-hybridized carbons (Fsp3) is 0.414. The van der Waals surface area contributed by atoms with Crippen LogP contribution >= 0.6 is 0 Å². The fourth-order valence-corrected chi connectivity index (χ4v) is 5.28. The van der Waals surface area contributed by atoms with Crippen molar-refractivity contribution in [1.29, 1.82) is 0 Å². The largest absolute Gasteiger partial charge is 0.496 e. The van der Waals surface area contributed by atoms with Crippen LogP contribution in [0.4, 0.5) is 0 Å². The van der Waals surface area contributed by atoms with Crippen LogP contribution in [0.5, 0.6) is 17.2 Å². The molecule has 4 rings (SSSR count). The highest BCUT2D eigenvalue weighted by Gasteiger charge is 2.45. The zero-order valence-corrected chi connectivity index (χ0v) is 21.9. The van der Waals surface area contributed by atoms with Crippen LogP contribution in [-0.4, -0.2) is 59.1 Å². The van der Waals surface area contributed by atoms with Crippen molar-refractivity contribution < 1.29 is 33.3 Å². The van der Waals surface area contributed by atoms with Gasteiger partial charge in [0.05, 0.1) is 27.9 Å². The Balaban J connectivity index is 1.77. The molecule has 0 amide bonds. The van der Waals surface area contributed by atoms with E-state index in [2.05, 4.69) is 0 Å². The molecule has 0 aromatic heterocycles. The van der Waals surface area contributed by atoms with Crippen LogP contribution in [0.3, 0.4) is 0 Å². The van der Waals surface area contributed by atoms with Crippen LogP contribution in [0.25, 0.3) is 0 Å². The zero-order chi connectivity index (χ0) is 26.5. The number of hydrogen-bond acceptors (Lipinski definition) is 8. The molecule has 0 radical (unpaired) electrons. The smallest absolute Gasteiger partial charge is 0.315 e. The molecule has 0 saturated carbocycles. The number of hydrogen-bond donors (Lipinski definition) is 0. The number of benzene rings is 2. The van der Waals surface area contributed by atoms with Gasteiger partial charge in [0.2, 0.25) is 0 Å². The first-order chi connectivity index (χ1) is 17.9. The maximum Gasteiger partial charge on any atom is 0.315 e. The van der Waals surface area contributed by atoms with Crippen LogP contribution in [0.2, 0.25) is 0 Å². The summed E-state index contributed by atoms with van der Waals surface area (Å²) in [6.45, 7) is 2.23. The van der Waals surface area contributed by atoms with Crippen molar-refractivity contribution in [2.24, 2.45) is 10.9 Å². The summed E-state index contributed by atoms with van der Waals surface area (Å²) in [6.07, 6.45) is 0.852. The lowest BCUT2D eigenvalue weighted by molar-refractivity contribution is -0.147. The zero-order valence-electron chi connectivity index (χ0n) is 21.9. The number of methoxy groups -OCH3 is 4. The third kappa shape index (κ3) is 5.25. The lowest BCUT2D eigenvalue weighted by Crippen LogP contribution is -2.38. The molecule has 196 valence electrons. The molecule has 2 aromatic carbocycles. The van der Waals surface area contributed by atoms with Crippen molar-refractivity contribution in [3.8, 4) is 17.2 Å². The molecule has 3 atom stereocenters. The van der Waals surface area contributed by atoms with Crippen molar-refractivity contribution >= 4 is 17.5 Å². The third-order valence-corrected chi connectivity index (χ3v) is 7.03. The first-order valence-corrected chi connectivity index (χ1v) is 12.2. The lowest BCUT2D eigenvalue weighted by atomic mass is 9.69. The molecule has 2 aromatic rings. The molecule has 8 heteroatoms. The number of allylic oxidation sites excluding steroid dienone is 2. The molecule has 37 heavy (non-hydrogen) atoms. The molecule has 1 heterocycles. The molecule has 1 aliphatic heterocycles. The van der Waals surface area contributed by atoms with Gasteiger partial charge in [-0.2, -0.15) is 0 Å². The maximum atomic E-state index is 13.8. The van der Waals surface area contributed by atoms with Crippen LogP contribution in [0.1, 0.15) is 42.7 Å². The minimum atomic E-state index is -0.742. The molecule has 1 aliphatic carbocycles. The molecule has 2 aliphatic rings. The molecule has 0 bridgehead atoms. The monoisotopic (exact) mass is 507 g/mol. The van der Waals surface area contributed by atoms with Crippen molar-refractivity contribution in [1.82, 2.24) is 0 Å². The molecule has 0 fully saturated rings. The summed E-state index contributed by atoms with van der Waals surface area (Å²) in [6, 6.07) is 13.2. The summed E-state index contributed by atoms with van der Waals surface area (Å²) in [5.74, 6) is 0.00128. The van der Waals surface area contributed by atoms with Crippen molar-refractivity contribution in [2.45, 2.75) is 31.6 Å². The molecular weight excluding hydrogens is 474 g/mol. The van der Waals surface area contributed by atoms with Crippen LogP contribution in [-0.2, 0) is 19.1 Å². The number of rotatable bonds is 9. The number of ketones is 1. The highest BCUT2D eigenvalue weighted by molar-refractivity contribution is 6.09. The molecule has 0 saturated heterocycles. The standard InChI is InChI=1S/C29H33NO7/c1-17-26(29(32)37-13-12-33-2)27(20-8-6-7-9-23(20)34-3)28-21(30-17)14-19(15-22(28)31)18-10-11-24(35-4)25(16-18)36-5/h6-11,16,19,26-27H,12-15H2,1-5H3/t19-,26?,27-/m0/s1. The molecule has 0 N–H and O–H groups in total. The summed E-state index contributed by atoms with van der Waals surface area (Å²) >= 11 is 0. The summed E-state index contributed by atoms with van der Waals surface area (Å²) in [5.41, 5.74) is 3.60. The Hall–Kier alpha value is -3.65. The first kappa shape index (κ1) is 26.4. The Morgan fingerprint density at radius 3 is 2.35 bits per heavy atom. The van der Waals surface area contributed by atoms with E-state index >= 15 is 0 Å². The highest BCUT2D eigenvalue weighted by Crippen LogP contribution is 2.49. The summed E-state index contributed by atoms with van der Waals surface area (Å²) in [5, 5.41) is 0. The third-order valence-electron chi connectivity index (χ3n) is 7.03. The Morgan fingerprint density at radius 1 is 0.919 bits per heavy atom. The number of carbonyl (C=O) groups is 2. The second kappa shape index (κ2) is 11.6. The van der Waals surface area contributed by atoms with Gasteiger partial charge in [-0.1, -0.05) is 24.3 Å². The highest BCUT2D eigenvalue weighted by atomic mass is 16.6. The Morgan fingerprint density at radius 2 is 1.65 bits per heavy atom. The number of aliphatic imine (C=N–C) groups is 1. The second-order valence-electron chi connectivity index (χ2n) is 9.11. The van der Waals surface area contributed by atoms with E-state index < -0.39 is 17.8 Å². The number of nitrogens with zero attached hydrogens (tertiary/aromatic N) is 1. The van der Waals surface area contributed by atoms with E-state index in [1.165, 1.54) is 0 Å². The Kier molecular flexibility index (Phi) is 8.28. The molecular formula is C29H33NO7. The van der Waals surface area contributed by atoms with Crippen molar-refractivity contribution in [2.75, 3.05) is 41.7 Å². The predicted molar refractivity (Wildman–Crippen MR) is 139 cm³/mol. The topological polar surface area (TPSA) is 92.7 Å². The minimum Gasteiger partial charge on any atom is -0.496 e. The van der Waals surface area contributed by atoms with Gasteiger partial charge < -0.3 is 23.7 Å². The van der Waals surface area contributed by atoms with Gasteiger partial charge in [0.15, 0.2) is 17.3 Å². The number of Topliss-reactive ketones (excluding diaryl/α,β-unsaturated/α-hetero) is 1. The van der Waals surface area contributed by atoms with Gasteiger partial charge >= 0.3 is 5.97 Å². The van der Waals surface area contributed by atoms with Gasteiger partial charge in [-0.15, -0.1) is 0 Å². The van der Waals surface area contributed by atoms with Crippen molar-refractivity contribution in [3.63, 3.8) is 0 Å². The van der Waals surface area contributed by atoms with Crippen LogP contribution < -0.4 is 14.2 Å². The molecule has 1 unspecified atom stereocenters. The van der Waals surface area contributed by atoms with Gasteiger partial charge in [-0.3, -0.25) is 14.6 Å². The normalized spacial score (nSPS) is 21.2. The Bertz CT molecular complexity index is 1230. The Labute approximate surface area is 217 Å². The predicted octanol–water partition coefficient (Wildman–Crippen LogP) is 4.48. The van der Waals surface area contributed by atoms with E-state index in [4.69, 9.17) is 28.7 Å². The van der Waals surface area contributed by atoms with Crippen molar-refractivity contribution in [3.05, 3.63) is 64.9 Å². The van der Waals surface area contributed by atoms with E-state index in [9.17, 15) is 9.59 Å². The maximum absolute atomic E-state index is 13.8. The summed E-state index contributed by atoms with van der Waals surface area (Å²) < 4.78 is 27.0. The SMILES string of the molecule is COCCOC(=O)C1C(C)=NC2=C(C(=O)C[C@@H](c3ccc(OC)c(OC)c3)C2)[C@H]1c1ccccc1OC. The number of carbonyl (C=O) groups excluding carboxylic acids is 2. The molecule has 8 nitrogen and oxygen atoms in total. The van der Waals surface area contributed by atoms with Gasteiger partial charge in [-0.25, -0.2) is 0 Å². The van der Waals surface area contributed by atoms with Gasteiger partial charge in [0.1, 0.15) is 18.3 Å². The van der Waals surface area contributed by atoms with E-state index in [1.54, 1.807) is 28.4 Å². The molecule has 0 spiro atoms. The van der Waals surface area contributed by atoms with Crippen LogP contribution in [0, 0.1) is 5.92 Å². The summed E-state index contributed by atoms with van der Waals surface area (Å²) in [7, 11) is 6.31. The second-order valence-corrected chi connectivity index (χ2v) is 9.11. The minimum absolute atomic E-state index is 0.0390. The lowest BCUT2D eigenvalue weighted by Gasteiger charge is -2.37. The first-order valence-electron chi connectivity index (χ1n) is 12.2. The van der Waals surface area contributed by atoms with Gasteiger partial charge in [0, 0.05) is 42.0 Å². The van der Waals surface area contributed by atoms with Gasteiger partial charge in [-0.05, 0) is 43.0 Å². The fourth-order valence-electron chi connectivity index (χ4n) is 5.28. The van der Waals surface area contributed by atoms with E-state index in [0.29, 0.717) is 47.1 Å². The average Bonchev–Trinajstić information content (AvgIpc) is 2.91. The summed E-state index contributed by atoms with van der Waals surface area (Å²) in [4.78, 5) is 31.9. The average molecular weight is 508 g/mol. The van der Waals surface area contributed by atoms with Crippen LogP contribution in [0.15, 0.2) is 58.7 Å². The quantitative estimate of drug-likeness (QED) is 0.365. The number of para-hydroxylation sites is 1. The van der Waals surface area contributed by atoms with E-state index in [1.807, 2.05) is 49.4 Å². The van der Waals surface area contributed by atoms with E-state index in [-0.39, 0.29) is 24.9 Å². The number of ether oxygens (including phenoxy) is 5. The number of esters is 1. The van der Waals surface area contributed by atoms with Gasteiger partial charge in [0.25, 0.3) is 0 Å².